The summed E-state index contributed by atoms with van der Waals surface area (Å²) >= 11 is 3.39. The number of rotatable bonds is 8. The third-order valence-corrected chi connectivity index (χ3v) is 4.02. The number of anilines is 2. The molecule has 6 heteroatoms. The molecule has 0 radical (unpaired) electrons. The standard InChI is InChI=1S/C19H22BrN3O2/c1-2-3-11-21-19(25)14-7-9-16(10-8-14)23-18(24)13-22-17-6-4-5-15(20)12-17/h4-10,12,22H,2-3,11,13H2,1H3,(H,21,25)(H,23,24). The van der Waals surface area contributed by atoms with Crippen LogP contribution in [0.4, 0.5) is 11.4 Å². The molecule has 3 N–H and O–H groups in total. The van der Waals surface area contributed by atoms with Crippen molar-refractivity contribution in [3.63, 3.8) is 0 Å². The first-order valence-electron chi connectivity index (χ1n) is 8.26. The summed E-state index contributed by atoms with van der Waals surface area (Å²) in [6, 6.07) is 14.5. The molecule has 0 spiro atoms. The first kappa shape index (κ1) is 19.0. The molecule has 2 aromatic carbocycles. The first-order valence-corrected chi connectivity index (χ1v) is 9.05. The zero-order valence-electron chi connectivity index (χ0n) is 14.1. The molecule has 5 nitrogen and oxygen atoms in total. The van der Waals surface area contributed by atoms with Gasteiger partial charge < -0.3 is 16.0 Å². The minimum atomic E-state index is -0.153. The van der Waals surface area contributed by atoms with Crippen molar-refractivity contribution in [3.05, 3.63) is 58.6 Å². The summed E-state index contributed by atoms with van der Waals surface area (Å²) in [5, 5.41) is 8.72. The van der Waals surface area contributed by atoms with Gasteiger partial charge in [0.1, 0.15) is 0 Å². The molecule has 25 heavy (non-hydrogen) atoms. The fourth-order valence-electron chi connectivity index (χ4n) is 2.17. The van der Waals surface area contributed by atoms with Gasteiger partial charge >= 0.3 is 0 Å². The highest BCUT2D eigenvalue weighted by Crippen LogP contribution is 2.15. The topological polar surface area (TPSA) is 70.2 Å². The number of nitrogens with one attached hydrogen (secondary N) is 3. The van der Waals surface area contributed by atoms with Gasteiger partial charge in [-0.25, -0.2) is 0 Å². The van der Waals surface area contributed by atoms with E-state index in [1.54, 1.807) is 24.3 Å². The minimum Gasteiger partial charge on any atom is -0.376 e. The maximum absolute atomic E-state index is 12.0. The Hall–Kier alpha value is -2.34. The van der Waals surface area contributed by atoms with Gasteiger partial charge in [-0.1, -0.05) is 35.3 Å². The number of hydrogen-bond acceptors (Lipinski definition) is 3. The monoisotopic (exact) mass is 403 g/mol. The van der Waals surface area contributed by atoms with E-state index in [4.69, 9.17) is 0 Å². The molecule has 0 aliphatic heterocycles. The van der Waals surface area contributed by atoms with Gasteiger partial charge in [-0.3, -0.25) is 9.59 Å². The highest BCUT2D eigenvalue weighted by atomic mass is 79.9. The molecule has 0 saturated heterocycles. The highest BCUT2D eigenvalue weighted by molar-refractivity contribution is 9.10. The van der Waals surface area contributed by atoms with Crippen molar-refractivity contribution in [2.75, 3.05) is 23.7 Å². The average molecular weight is 404 g/mol. The van der Waals surface area contributed by atoms with Crippen LogP contribution in [0.5, 0.6) is 0 Å². The van der Waals surface area contributed by atoms with Crippen LogP contribution in [0.25, 0.3) is 0 Å². The largest absolute Gasteiger partial charge is 0.376 e. The smallest absolute Gasteiger partial charge is 0.251 e. The number of amides is 2. The predicted molar refractivity (Wildman–Crippen MR) is 105 cm³/mol. The Morgan fingerprint density at radius 1 is 1.04 bits per heavy atom. The van der Waals surface area contributed by atoms with E-state index in [0.29, 0.717) is 17.8 Å². The molecule has 0 unspecified atom stereocenters. The molecule has 132 valence electrons. The van der Waals surface area contributed by atoms with E-state index < -0.39 is 0 Å². The SMILES string of the molecule is CCCCNC(=O)c1ccc(NC(=O)CNc2cccc(Br)c2)cc1. The molecule has 2 rings (SSSR count). The molecule has 0 atom stereocenters. The maximum Gasteiger partial charge on any atom is 0.251 e. The highest BCUT2D eigenvalue weighted by Gasteiger charge is 2.06. The lowest BCUT2D eigenvalue weighted by Crippen LogP contribution is -2.24. The average Bonchev–Trinajstić information content (AvgIpc) is 2.61. The van der Waals surface area contributed by atoms with E-state index in [1.807, 2.05) is 24.3 Å². The molecule has 2 amide bonds. The van der Waals surface area contributed by atoms with Gasteiger partial charge in [0, 0.05) is 28.0 Å². The van der Waals surface area contributed by atoms with Crippen molar-refractivity contribution in [3.8, 4) is 0 Å². The van der Waals surface area contributed by atoms with Gasteiger partial charge in [0.2, 0.25) is 5.91 Å². The Morgan fingerprint density at radius 3 is 2.48 bits per heavy atom. The molecule has 0 aliphatic carbocycles. The zero-order chi connectivity index (χ0) is 18.1. The number of hydrogen-bond donors (Lipinski definition) is 3. The normalized spacial score (nSPS) is 10.2. The zero-order valence-corrected chi connectivity index (χ0v) is 15.7. The van der Waals surface area contributed by atoms with Crippen LogP contribution in [-0.4, -0.2) is 24.9 Å². The van der Waals surface area contributed by atoms with E-state index in [0.717, 1.165) is 23.0 Å². The summed E-state index contributed by atoms with van der Waals surface area (Å²) in [4.78, 5) is 23.9. The van der Waals surface area contributed by atoms with E-state index >= 15 is 0 Å². The van der Waals surface area contributed by atoms with Gasteiger partial charge in [-0.2, -0.15) is 0 Å². The summed E-state index contributed by atoms with van der Waals surface area (Å²) in [5.74, 6) is -0.247. The maximum atomic E-state index is 12.0. The number of benzene rings is 2. The van der Waals surface area contributed by atoms with Crippen molar-refractivity contribution in [1.82, 2.24) is 5.32 Å². The van der Waals surface area contributed by atoms with Crippen LogP contribution < -0.4 is 16.0 Å². The van der Waals surface area contributed by atoms with E-state index in [-0.39, 0.29) is 18.4 Å². The van der Waals surface area contributed by atoms with Crippen molar-refractivity contribution in [2.45, 2.75) is 19.8 Å². The van der Waals surface area contributed by atoms with E-state index in [9.17, 15) is 9.59 Å². The van der Waals surface area contributed by atoms with Crippen molar-refractivity contribution < 1.29 is 9.59 Å². The predicted octanol–water partition coefficient (Wildman–Crippen LogP) is 4.03. The Morgan fingerprint density at radius 2 is 1.80 bits per heavy atom. The second-order valence-electron chi connectivity index (χ2n) is 5.60. The molecule has 0 saturated carbocycles. The molecule has 0 fully saturated rings. The van der Waals surface area contributed by atoms with Crippen LogP contribution in [-0.2, 0) is 4.79 Å². The second-order valence-corrected chi connectivity index (χ2v) is 6.51. The first-order chi connectivity index (χ1) is 12.1. The van der Waals surface area contributed by atoms with E-state index in [1.165, 1.54) is 0 Å². The number of carbonyl (C=O) groups is 2. The molecule has 2 aromatic rings. The third kappa shape index (κ3) is 6.58. The fraction of sp³-hybridized carbons (Fsp3) is 0.263. The third-order valence-electron chi connectivity index (χ3n) is 3.52. The minimum absolute atomic E-state index is 0.0948. The summed E-state index contributed by atoms with van der Waals surface area (Å²) in [5.41, 5.74) is 2.11. The fourth-order valence-corrected chi connectivity index (χ4v) is 2.57. The molecule has 0 heterocycles. The molecule has 0 aliphatic rings. The van der Waals surface area contributed by atoms with Crippen molar-refractivity contribution in [2.24, 2.45) is 0 Å². The van der Waals surface area contributed by atoms with Crippen LogP contribution in [0.3, 0.4) is 0 Å². The van der Waals surface area contributed by atoms with Gasteiger partial charge in [-0.05, 0) is 48.9 Å². The van der Waals surface area contributed by atoms with Crippen LogP contribution in [0.2, 0.25) is 0 Å². The summed E-state index contributed by atoms with van der Waals surface area (Å²) < 4.78 is 0.950. The Balaban J connectivity index is 1.81. The van der Waals surface area contributed by atoms with Gasteiger partial charge in [0.15, 0.2) is 0 Å². The lowest BCUT2D eigenvalue weighted by molar-refractivity contribution is -0.114. The Labute approximate surface area is 156 Å². The number of carbonyl (C=O) groups excluding carboxylic acids is 2. The molecule has 0 aromatic heterocycles. The Kier molecular flexibility index (Phi) is 7.47. The van der Waals surface area contributed by atoms with Crippen molar-refractivity contribution >= 4 is 39.1 Å². The second kappa shape index (κ2) is 9.84. The molecule has 0 bridgehead atoms. The number of halogens is 1. The number of unbranched alkanes of at least 4 members (excludes halogenated alkanes) is 1. The van der Waals surface area contributed by atoms with Gasteiger partial charge in [-0.15, -0.1) is 0 Å². The Bertz CT molecular complexity index is 717. The lowest BCUT2D eigenvalue weighted by atomic mass is 10.2. The van der Waals surface area contributed by atoms with Crippen LogP contribution >= 0.6 is 15.9 Å². The quantitative estimate of drug-likeness (QED) is 0.582. The van der Waals surface area contributed by atoms with E-state index in [2.05, 4.69) is 38.8 Å². The van der Waals surface area contributed by atoms with Gasteiger partial charge in [0.05, 0.1) is 6.54 Å². The van der Waals surface area contributed by atoms with Gasteiger partial charge in [0.25, 0.3) is 5.91 Å². The van der Waals surface area contributed by atoms with Crippen LogP contribution in [0, 0.1) is 0 Å². The van der Waals surface area contributed by atoms with Crippen LogP contribution in [0.1, 0.15) is 30.1 Å². The molecular formula is C19H22BrN3O2. The van der Waals surface area contributed by atoms with Crippen molar-refractivity contribution in [1.29, 1.82) is 0 Å². The lowest BCUT2D eigenvalue weighted by Gasteiger charge is -2.09. The summed E-state index contributed by atoms with van der Waals surface area (Å²) in [6.45, 7) is 2.92. The summed E-state index contributed by atoms with van der Waals surface area (Å²) in [6.07, 6.45) is 2.00. The summed E-state index contributed by atoms with van der Waals surface area (Å²) in [7, 11) is 0. The van der Waals surface area contributed by atoms with Crippen LogP contribution in [0.15, 0.2) is 53.0 Å². The molecular weight excluding hydrogens is 382 g/mol.